The summed E-state index contributed by atoms with van der Waals surface area (Å²) in [6, 6.07) is 8.56. The first-order valence-corrected chi connectivity index (χ1v) is 9.45. The molecule has 5 rings (SSSR count). The van der Waals surface area contributed by atoms with Crippen LogP contribution >= 0.6 is 0 Å². The van der Waals surface area contributed by atoms with Crippen molar-refractivity contribution in [3.05, 3.63) is 41.5 Å². The minimum Gasteiger partial charge on any atom is -0.343 e. The first-order chi connectivity index (χ1) is 12.3. The van der Waals surface area contributed by atoms with Gasteiger partial charge in [-0.3, -0.25) is 0 Å². The van der Waals surface area contributed by atoms with E-state index in [1.54, 1.807) is 0 Å². The van der Waals surface area contributed by atoms with Crippen molar-refractivity contribution < 1.29 is 23.7 Å². The van der Waals surface area contributed by atoms with Gasteiger partial charge in [0.1, 0.15) is 18.3 Å². The Labute approximate surface area is 154 Å². The van der Waals surface area contributed by atoms with Crippen molar-refractivity contribution in [2.75, 3.05) is 0 Å². The van der Waals surface area contributed by atoms with E-state index in [1.165, 1.54) is 16.7 Å². The number of ether oxygens (including phenoxy) is 5. The van der Waals surface area contributed by atoms with Gasteiger partial charge in [-0.15, -0.1) is 0 Å². The molecule has 3 aliphatic heterocycles. The molecule has 0 bridgehead atoms. The summed E-state index contributed by atoms with van der Waals surface area (Å²) in [5, 5.41) is 0. The second-order valence-corrected chi connectivity index (χ2v) is 8.50. The molecule has 0 radical (unpaired) electrons. The summed E-state index contributed by atoms with van der Waals surface area (Å²) in [6.45, 7) is 7.72. The van der Waals surface area contributed by atoms with Gasteiger partial charge in [-0.2, -0.15) is 0 Å². The molecule has 140 valence electrons. The average molecular weight is 358 g/mol. The highest BCUT2D eigenvalue weighted by Crippen LogP contribution is 2.46. The fourth-order valence-corrected chi connectivity index (χ4v) is 4.62. The highest BCUT2D eigenvalue weighted by molar-refractivity contribution is 5.73. The zero-order valence-electron chi connectivity index (χ0n) is 15.7. The Morgan fingerprint density at radius 2 is 1.58 bits per heavy atom. The Hall–Kier alpha value is -1.24. The van der Waals surface area contributed by atoms with Crippen LogP contribution in [-0.4, -0.2) is 42.3 Å². The van der Waals surface area contributed by atoms with E-state index >= 15 is 0 Å². The van der Waals surface area contributed by atoms with E-state index in [0.717, 1.165) is 12.8 Å². The molecule has 26 heavy (non-hydrogen) atoms. The molecule has 3 heterocycles. The van der Waals surface area contributed by atoms with E-state index < -0.39 is 17.9 Å². The zero-order valence-corrected chi connectivity index (χ0v) is 15.7. The van der Waals surface area contributed by atoms with Gasteiger partial charge in [0.15, 0.2) is 17.9 Å². The van der Waals surface area contributed by atoms with Crippen LogP contribution in [0.4, 0.5) is 0 Å². The summed E-state index contributed by atoms with van der Waals surface area (Å²) >= 11 is 0. The summed E-state index contributed by atoms with van der Waals surface area (Å²) in [7, 11) is 0. The molecule has 1 aromatic rings. The minimum atomic E-state index is -0.676. The number of hydrogen-bond donors (Lipinski definition) is 0. The molecular weight excluding hydrogens is 332 g/mol. The fourth-order valence-electron chi connectivity index (χ4n) is 4.62. The predicted molar refractivity (Wildman–Crippen MR) is 95.3 cm³/mol. The number of rotatable bonds is 2. The molecular formula is C21H26O5. The maximum atomic E-state index is 6.34. The number of allylic oxidation sites excluding steroid dienone is 1. The third-order valence-corrected chi connectivity index (χ3v) is 5.60. The van der Waals surface area contributed by atoms with Gasteiger partial charge in [0, 0.05) is 6.42 Å². The molecule has 1 aromatic carbocycles. The fraction of sp³-hybridized carbons (Fsp3) is 0.619. The maximum Gasteiger partial charge on any atom is 0.190 e. The first kappa shape index (κ1) is 16.9. The van der Waals surface area contributed by atoms with Gasteiger partial charge in [-0.25, -0.2) is 0 Å². The van der Waals surface area contributed by atoms with Crippen molar-refractivity contribution in [2.45, 2.75) is 82.8 Å². The van der Waals surface area contributed by atoms with Gasteiger partial charge in [0.25, 0.3) is 0 Å². The van der Waals surface area contributed by atoms with Crippen LogP contribution < -0.4 is 0 Å². The van der Waals surface area contributed by atoms with E-state index in [4.69, 9.17) is 23.7 Å². The smallest absolute Gasteiger partial charge is 0.190 e. The van der Waals surface area contributed by atoms with E-state index in [-0.39, 0.29) is 24.4 Å². The quantitative estimate of drug-likeness (QED) is 0.811. The van der Waals surface area contributed by atoms with Crippen molar-refractivity contribution in [3.8, 4) is 0 Å². The molecule has 0 aromatic heterocycles. The van der Waals surface area contributed by atoms with Crippen LogP contribution in [-0.2, 0) is 30.1 Å². The molecule has 4 aliphatic rings. The van der Waals surface area contributed by atoms with Crippen molar-refractivity contribution in [1.82, 2.24) is 0 Å². The standard InChI is InChI=1S/C21H26O5/c1-20(2)23-16-15(11-13-10-9-12-7-5-6-8-14(12)13)22-19-18(17(16)24-20)25-21(3,4)26-19/h5-8,10,15-19H,9,11H2,1-4H3/t15-,16+,17+,18-,19-/m1/s1. The lowest BCUT2D eigenvalue weighted by atomic mass is 9.92. The Balaban J connectivity index is 1.42. The Morgan fingerprint density at radius 1 is 0.885 bits per heavy atom. The maximum absolute atomic E-state index is 6.34. The topological polar surface area (TPSA) is 46.2 Å². The van der Waals surface area contributed by atoms with Crippen LogP contribution in [0.1, 0.15) is 45.2 Å². The van der Waals surface area contributed by atoms with Crippen molar-refractivity contribution in [1.29, 1.82) is 0 Å². The Morgan fingerprint density at radius 3 is 2.42 bits per heavy atom. The Bertz CT molecular complexity index is 753. The van der Waals surface area contributed by atoms with E-state index in [9.17, 15) is 0 Å². The molecule has 5 nitrogen and oxygen atoms in total. The first-order valence-electron chi connectivity index (χ1n) is 9.45. The van der Waals surface area contributed by atoms with Gasteiger partial charge >= 0.3 is 0 Å². The van der Waals surface area contributed by atoms with E-state index in [0.29, 0.717) is 0 Å². The molecule has 3 saturated heterocycles. The summed E-state index contributed by atoms with van der Waals surface area (Å²) < 4.78 is 30.8. The summed E-state index contributed by atoms with van der Waals surface area (Å²) in [5.41, 5.74) is 4.00. The van der Waals surface area contributed by atoms with E-state index in [2.05, 4.69) is 30.3 Å². The second kappa shape index (κ2) is 5.63. The highest BCUT2D eigenvalue weighted by Gasteiger charge is 2.60. The van der Waals surface area contributed by atoms with Crippen LogP contribution in [0.5, 0.6) is 0 Å². The van der Waals surface area contributed by atoms with E-state index in [1.807, 2.05) is 27.7 Å². The van der Waals surface area contributed by atoms with Crippen LogP contribution in [0.2, 0.25) is 0 Å². The number of fused-ring (bicyclic) bond motifs is 4. The van der Waals surface area contributed by atoms with Gasteiger partial charge < -0.3 is 23.7 Å². The molecule has 0 saturated carbocycles. The normalized spacial score (nSPS) is 39.2. The number of benzene rings is 1. The van der Waals surface area contributed by atoms with Crippen LogP contribution in [0.25, 0.3) is 5.57 Å². The molecule has 0 amide bonds. The van der Waals surface area contributed by atoms with Crippen LogP contribution in [0, 0.1) is 0 Å². The highest BCUT2D eigenvalue weighted by atomic mass is 16.9. The average Bonchev–Trinajstić information content (AvgIpc) is 3.20. The zero-order chi connectivity index (χ0) is 18.1. The number of hydrogen-bond acceptors (Lipinski definition) is 5. The third-order valence-electron chi connectivity index (χ3n) is 5.60. The Kier molecular flexibility index (Phi) is 3.66. The van der Waals surface area contributed by atoms with Crippen molar-refractivity contribution >= 4 is 5.57 Å². The molecule has 5 atom stereocenters. The summed E-state index contributed by atoms with van der Waals surface area (Å²) in [4.78, 5) is 0. The lowest BCUT2D eigenvalue weighted by Gasteiger charge is -2.37. The van der Waals surface area contributed by atoms with Crippen LogP contribution in [0.3, 0.4) is 0 Å². The van der Waals surface area contributed by atoms with Crippen molar-refractivity contribution in [2.24, 2.45) is 0 Å². The lowest BCUT2D eigenvalue weighted by Crippen LogP contribution is -2.54. The summed E-state index contributed by atoms with van der Waals surface area (Å²) in [6.07, 6.45) is 2.89. The molecule has 0 N–H and O–H groups in total. The third kappa shape index (κ3) is 2.74. The van der Waals surface area contributed by atoms with Gasteiger partial charge in [0.05, 0.1) is 6.10 Å². The lowest BCUT2D eigenvalue weighted by molar-refractivity contribution is -0.232. The van der Waals surface area contributed by atoms with Crippen LogP contribution in [0.15, 0.2) is 30.3 Å². The predicted octanol–water partition coefficient (Wildman–Crippen LogP) is 3.41. The monoisotopic (exact) mass is 358 g/mol. The largest absolute Gasteiger partial charge is 0.343 e. The molecule has 1 aliphatic carbocycles. The minimum absolute atomic E-state index is 0.127. The molecule has 5 heteroatoms. The van der Waals surface area contributed by atoms with Gasteiger partial charge in [0.2, 0.25) is 0 Å². The van der Waals surface area contributed by atoms with Gasteiger partial charge in [-0.1, -0.05) is 30.3 Å². The van der Waals surface area contributed by atoms with Crippen molar-refractivity contribution in [3.63, 3.8) is 0 Å². The molecule has 0 spiro atoms. The second-order valence-electron chi connectivity index (χ2n) is 8.50. The molecule has 3 fully saturated rings. The summed E-state index contributed by atoms with van der Waals surface area (Å²) in [5.74, 6) is -1.33. The van der Waals surface area contributed by atoms with Gasteiger partial charge in [-0.05, 0) is 50.8 Å². The molecule has 0 unspecified atom stereocenters. The SMILES string of the molecule is CC1(C)O[C@H]2[C@@H](O1)[C@@H](CC1=CCc3ccccc31)O[C@@H]1OC(C)(C)O[C@@H]12.